The molecule has 4 aromatic rings. The first-order chi connectivity index (χ1) is 14.5. The van der Waals surface area contributed by atoms with E-state index < -0.39 is 17.6 Å². The van der Waals surface area contributed by atoms with E-state index in [0.29, 0.717) is 28.1 Å². The lowest BCUT2D eigenvalue weighted by atomic mass is 10.2. The van der Waals surface area contributed by atoms with Crippen LogP contribution in [0.1, 0.15) is 16.1 Å². The fraction of sp³-hybridized carbons (Fsp3) is 0.0455. The topological polar surface area (TPSA) is 106 Å². The molecule has 0 aliphatic rings. The minimum atomic E-state index is -0.562. The van der Waals surface area contributed by atoms with E-state index in [0.717, 1.165) is 0 Å². The van der Waals surface area contributed by atoms with E-state index in [2.05, 4.69) is 10.6 Å². The predicted molar refractivity (Wildman–Crippen MR) is 111 cm³/mol. The van der Waals surface area contributed by atoms with Crippen LogP contribution in [0.4, 0.5) is 5.69 Å². The molecule has 30 heavy (non-hydrogen) atoms. The summed E-state index contributed by atoms with van der Waals surface area (Å²) in [6, 6.07) is 16.7. The summed E-state index contributed by atoms with van der Waals surface area (Å²) in [4.78, 5) is 37.1. The Balaban J connectivity index is 1.61. The molecule has 0 saturated heterocycles. The number of nitrogens with one attached hydrogen (secondary N) is 2. The van der Waals surface area contributed by atoms with Crippen molar-refractivity contribution in [3.05, 3.63) is 94.5 Å². The monoisotopic (exact) mass is 403 g/mol. The summed E-state index contributed by atoms with van der Waals surface area (Å²) in [7, 11) is 1.59. The van der Waals surface area contributed by atoms with Gasteiger partial charge >= 0.3 is 5.76 Å². The van der Waals surface area contributed by atoms with Crippen molar-refractivity contribution in [3.8, 4) is 0 Å². The van der Waals surface area contributed by atoms with Crippen LogP contribution in [0.2, 0.25) is 0 Å². The fourth-order valence-electron chi connectivity index (χ4n) is 2.87. The number of benzene rings is 2. The first kappa shape index (κ1) is 19.0. The summed E-state index contributed by atoms with van der Waals surface area (Å²) < 4.78 is 11.8. The number of aryl methyl sites for hydroxylation is 1. The minimum absolute atomic E-state index is 0.00610. The minimum Gasteiger partial charge on any atom is -0.465 e. The number of fused-ring (bicyclic) bond motifs is 1. The highest BCUT2D eigenvalue weighted by Crippen LogP contribution is 2.19. The van der Waals surface area contributed by atoms with Gasteiger partial charge in [-0.1, -0.05) is 18.2 Å². The van der Waals surface area contributed by atoms with Crippen LogP contribution in [0.5, 0.6) is 0 Å². The Bertz CT molecular complexity index is 1300. The van der Waals surface area contributed by atoms with Crippen molar-refractivity contribution >= 4 is 34.7 Å². The van der Waals surface area contributed by atoms with Crippen molar-refractivity contribution in [1.29, 1.82) is 0 Å². The molecule has 0 unspecified atom stereocenters. The molecule has 0 aliphatic heterocycles. The Morgan fingerprint density at radius 3 is 2.57 bits per heavy atom. The molecule has 2 amide bonds. The lowest BCUT2D eigenvalue weighted by molar-refractivity contribution is -0.113. The number of furan rings is 1. The molecule has 2 aromatic carbocycles. The van der Waals surface area contributed by atoms with Crippen LogP contribution >= 0.6 is 0 Å². The molecule has 4 rings (SSSR count). The van der Waals surface area contributed by atoms with Gasteiger partial charge in [0, 0.05) is 30.4 Å². The van der Waals surface area contributed by atoms with Gasteiger partial charge in [-0.05, 0) is 36.4 Å². The van der Waals surface area contributed by atoms with Crippen molar-refractivity contribution in [2.24, 2.45) is 7.05 Å². The maximum Gasteiger partial charge on any atom is 0.419 e. The molecule has 0 fully saturated rings. The lowest BCUT2D eigenvalue weighted by Crippen LogP contribution is -2.30. The zero-order valence-electron chi connectivity index (χ0n) is 15.9. The summed E-state index contributed by atoms with van der Waals surface area (Å²) in [5, 5.41) is 5.31. The quantitative estimate of drug-likeness (QED) is 0.498. The van der Waals surface area contributed by atoms with E-state index in [1.54, 1.807) is 61.6 Å². The second kappa shape index (κ2) is 7.96. The number of anilines is 1. The van der Waals surface area contributed by atoms with Crippen LogP contribution in [0.3, 0.4) is 0 Å². The van der Waals surface area contributed by atoms with Gasteiger partial charge in [-0.3, -0.25) is 14.2 Å². The van der Waals surface area contributed by atoms with E-state index in [4.69, 9.17) is 8.83 Å². The van der Waals surface area contributed by atoms with Gasteiger partial charge in [-0.2, -0.15) is 0 Å². The number of hydrogen-bond acceptors (Lipinski definition) is 5. The van der Waals surface area contributed by atoms with Crippen LogP contribution in [0.15, 0.2) is 86.3 Å². The summed E-state index contributed by atoms with van der Waals surface area (Å²) in [5.41, 5.74) is 1.74. The number of nitrogens with zero attached hydrogens (tertiary/aromatic N) is 1. The van der Waals surface area contributed by atoms with Crippen molar-refractivity contribution in [2.75, 3.05) is 5.32 Å². The predicted octanol–water partition coefficient (Wildman–Crippen LogP) is 3.13. The Kier molecular flexibility index (Phi) is 5.04. The normalized spacial score (nSPS) is 11.4. The maximum absolute atomic E-state index is 12.9. The molecule has 0 radical (unpaired) electrons. The highest BCUT2D eigenvalue weighted by atomic mass is 16.4. The molecule has 0 bridgehead atoms. The zero-order valence-corrected chi connectivity index (χ0v) is 15.9. The lowest BCUT2D eigenvalue weighted by Gasteiger charge is -2.11. The van der Waals surface area contributed by atoms with Gasteiger partial charge in [0.2, 0.25) is 0 Å². The van der Waals surface area contributed by atoms with E-state index in [-0.39, 0.29) is 5.70 Å². The van der Waals surface area contributed by atoms with Crippen molar-refractivity contribution < 1.29 is 18.4 Å². The first-order valence-corrected chi connectivity index (χ1v) is 9.04. The van der Waals surface area contributed by atoms with Gasteiger partial charge in [-0.15, -0.1) is 0 Å². The van der Waals surface area contributed by atoms with Crippen LogP contribution < -0.4 is 16.4 Å². The number of amides is 2. The zero-order chi connectivity index (χ0) is 21.1. The Labute approximate surface area is 170 Å². The van der Waals surface area contributed by atoms with Crippen molar-refractivity contribution in [3.63, 3.8) is 0 Å². The smallest absolute Gasteiger partial charge is 0.419 e. The van der Waals surface area contributed by atoms with E-state index in [1.165, 1.54) is 23.0 Å². The Morgan fingerprint density at radius 2 is 1.83 bits per heavy atom. The average molecular weight is 403 g/mol. The van der Waals surface area contributed by atoms with E-state index in [9.17, 15) is 14.4 Å². The largest absolute Gasteiger partial charge is 0.465 e. The molecule has 0 aliphatic carbocycles. The third kappa shape index (κ3) is 3.93. The second-order valence-electron chi connectivity index (χ2n) is 6.46. The summed E-state index contributed by atoms with van der Waals surface area (Å²) in [6.07, 6.45) is 2.89. The van der Waals surface area contributed by atoms with Crippen LogP contribution in [-0.2, 0) is 11.8 Å². The third-order valence-corrected chi connectivity index (χ3v) is 4.41. The maximum atomic E-state index is 12.9. The molecule has 2 aromatic heterocycles. The second-order valence-corrected chi connectivity index (χ2v) is 6.46. The van der Waals surface area contributed by atoms with Crippen LogP contribution in [0.25, 0.3) is 17.2 Å². The molecule has 0 spiro atoms. The summed E-state index contributed by atoms with van der Waals surface area (Å²) in [5.74, 6) is -1.10. The molecule has 0 atom stereocenters. The molecular formula is C22H17N3O5. The van der Waals surface area contributed by atoms with Gasteiger partial charge in [0.15, 0.2) is 5.58 Å². The van der Waals surface area contributed by atoms with Crippen molar-refractivity contribution in [2.45, 2.75) is 0 Å². The number of hydrogen-bond donors (Lipinski definition) is 2. The highest BCUT2D eigenvalue weighted by Gasteiger charge is 2.16. The van der Waals surface area contributed by atoms with E-state index >= 15 is 0 Å². The Morgan fingerprint density at radius 1 is 1.03 bits per heavy atom. The number of carbonyl (C=O) groups is 2. The molecule has 150 valence electrons. The highest BCUT2D eigenvalue weighted by molar-refractivity contribution is 6.10. The average Bonchev–Trinajstić information content (AvgIpc) is 3.36. The molecule has 2 heterocycles. The van der Waals surface area contributed by atoms with Gasteiger partial charge in [-0.25, -0.2) is 4.79 Å². The van der Waals surface area contributed by atoms with Gasteiger partial charge < -0.3 is 19.5 Å². The van der Waals surface area contributed by atoms with Crippen LogP contribution in [-0.4, -0.2) is 16.4 Å². The molecule has 8 heteroatoms. The van der Waals surface area contributed by atoms with E-state index in [1.807, 2.05) is 0 Å². The Hall–Kier alpha value is -4.33. The van der Waals surface area contributed by atoms with Crippen molar-refractivity contribution in [1.82, 2.24) is 9.88 Å². The fourth-order valence-corrected chi connectivity index (χ4v) is 2.87. The first-order valence-electron chi connectivity index (χ1n) is 9.04. The standard InChI is InChI=1S/C22H17N3O5/c1-25-18-10-9-15(12-19(18)30-22(25)28)23-21(27)17(13-16-8-5-11-29-16)24-20(26)14-6-3-2-4-7-14/h2-13H,1H3,(H,23,27)(H,24,26). The third-order valence-electron chi connectivity index (χ3n) is 4.41. The van der Waals surface area contributed by atoms with Gasteiger partial charge in [0.25, 0.3) is 11.8 Å². The number of oxazole rings is 1. The number of carbonyl (C=O) groups excluding carboxylic acids is 2. The summed E-state index contributed by atoms with van der Waals surface area (Å²) in [6.45, 7) is 0. The molecule has 2 N–H and O–H groups in total. The number of aromatic nitrogens is 1. The molecule has 8 nitrogen and oxygen atoms in total. The molecular weight excluding hydrogens is 386 g/mol. The number of rotatable bonds is 5. The SMILES string of the molecule is Cn1c(=O)oc2cc(NC(=O)C(=Cc3ccco3)NC(=O)c3ccccc3)ccc21. The van der Waals surface area contributed by atoms with Gasteiger partial charge in [0.1, 0.15) is 11.5 Å². The summed E-state index contributed by atoms with van der Waals surface area (Å²) >= 11 is 0. The molecule has 0 saturated carbocycles. The van der Waals surface area contributed by atoms with Crippen LogP contribution in [0, 0.1) is 0 Å². The van der Waals surface area contributed by atoms with Gasteiger partial charge in [0.05, 0.1) is 11.8 Å².